The summed E-state index contributed by atoms with van der Waals surface area (Å²) in [7, 11) is 0. The maximum atomic E-state index is 8.41. The fraction of sp³-hybridized carbons (Fsp3) is 0.107. The molecule has 0 atom stereocenters. The van der Waals surface area contributed by atoms with Crippen LogP contribution in [-0.4, -0.2) is 4.98 Å². The molecule has 30 heavy (non-hydrogen) atoms. The van der Waals surface area contributed by atoms with Crippen molar-refractivity contribution in [3.05, 3.63) is 90.6 Å². The quantitative estimate of drug-likeness (QED) is 0.263. The van der Waals surface area contributed by atoms with E-state index in [9.17, 15) is 0 Å². The lowest BCUT2D eigenvalue weighted by atomic mass is 9.99. The molecule has 1 nitrogen and oxygen atoms in total. The van der Waals surface area contributed by atoms with E-state index in [2.05, 4.69) is 77.8 Å². The topological polar surface area (TPSA) is 12.9 Å². The number of nitrogens with zero attached hydrogens (tertiary/aromatic N) is 1. The Morgan fingerprint density at radius 3 is 2.37 bits per heavy atom. The van der Waals surface area contributed by atoms with E-state index in [1.807, 2.05) is 37.4 Å². The van der Waals surface area contributed by atoms with Gasteiger partial charge in [0.2, 0.25) is 0 Å². The van der Waals surface area contributed by atoms with E-state index in [1.54, 1.807) is 0 Å². The number of hydrogen-bond donors (Lipinski definition) is 0. The van der Waals surface area contributed by atoms with E-state index in [4.69, 9.17) is 1.37 Å². The van der Waals surface area contributed by atoms with Gasteiger partial charge in [-0.3, -0.25) is 4.98 Å². The Labute approximate surface area is 181 Å². The minimum absolute atomic E-state index is 0.650. The highest BCUT2D eigenvalue weighted by Gasteiger charge is 2.14. The van der Waals surface area contributed by atoms with Crippen LogP contribution < -0.4 is 0 Å². The molecule has 0 fully saturated rings. The van der Waals surface area contributed by atoms with Gasteiger partial charge in [-0.25, -0.2) is 0 Å². The smallest absolute Gasteiger partial charge is 0.0719 e. The minimum atomic E-state index is -0.650. The van der Waals surface area contributed by atoms with Crippen molar-refractivity contribution in [2.24, 2.45) is 0 Å². The molecule has 0 spiro atoms. The van der Waals surface area contributed by atoms with Crippen LogP contribution in [0.15, 0.2) is 85.1 Å². The maximum absolute atomic E-state index is 8.41. The normalized spacial score (nSPS) is 12.8. The minimum Gasteiger partial charge on any atom is -0.256 e. The van der Waals surface area contributed by atoms with Gasteiger partial charge in [0.05, 0.1) is 5.69 Å². The number of hydrogen-bond acceptors (Lipinski definition) is 2. The second-order valence-electron chi connectivity index (χ2n) is 8.04. The highest BCUT2D eigenvalue weighted by atomic mass is 32.1. The first-order valence-electron chi connectivity index (χ1n) is 10.7. The number of thiophene rings is 1. The molecule has 6 aromatic rings. The van der Waals surface area contributed by atoms with E-state index in [0.717, 1.165) is 16.8 Å². The van der Waals surface area contributed by atoms with Gasteiger partial charge < -0.3 is 0 Å². The summed E-state index contributed by atoms with van der Waals surface area (Å²) in [5, 5.41) is 7.74. The lowest BCUT2D eigenvalue weighted by Gasteiger charge is -2.08. The molecule has 0 saturated heterocycles. The first-order chi connectivity index (χ1) is 15.0. The fourth-order valence-corrected chi connectivity index (χ4v) is 5.78. The van der Waals surface area contributed by atoms with Gasteiger partial charge in [0, 0.05) is 38.7 Å². The first-order valence-corrected chi connectivity index (χ1v) is 11.0. The molecule has 0 aliphatic carbocycles. The van der Waals surface area contributed by atoms with Crippen molar-refractivity contribution < 1.29 is 1.37 Å². The van der Waals surface area contributed by atoms with Gasteiger partial charge in [-0.15, -0.1) is 11.3 Å². The molecular weight excluding hydrogens is 382 g/mol. The van der Waals surface area contributed by atoms with E-state index in [0.29, 0.717) is 0 Å². The molecule has 0 aliphatic heterocycles. The maximum Gasteiger partial charge on any atom is 0.0719 e. The second-order valence-corrected chi connectivity index (χ2v) is 9.06. The molecule has 0 amide bonds. The Bertz CT molecular complexity index is 1620. The predicted octanol–water partition coefficient (Wildman–Crippen LogP) is 8.55. The monoisotopic (exact) mass is 404 g/mol. The summed E-state index contributed by atoms with van der Waals surface area (Å²) in [6.45, 7) is 3.84. The highest BCUT2D eigenvalue weighted by molar-refractivity contribution is 7.27. The van der Waals surface area contributed by atoms with Crippen LogP contribution in [0.1, 0.15) is 26.7 Å². The standard InChI is InChI=1S/C28H21NS/c1-17(2)19-14-15-29-26(16-19)25-9-5-8-22-24-13-12-21-20-7-4-3-6-18(20)10-11-23(21)27(24)30-28(22)25/h3-17H,1-2H3/i17D. The molecule has 2 heteroatoms. The van der Waals surface area contributed by atoms with Crippen molar-refractivity contribution in [2.45, 2.75) is 19.7 Å². The van der Waals surface area contributed by atoms with Gasteiger partial charge in [-0.2, -0.15) is 0 Å². The molecule has 2 aromatic heterocycles. The van der Waals surface area contributed by atoms with Crippen molar-refractivity contribution >= 4 is 53.1 Å². The number of fused-ring (bicyclic) bond motifs is 7. The molecule has 0 radical (unpaired) electrons. The van der Waals surface area contributed by atoms with Crippen molar-refractivity contribution in [1.29, 1.82) is 0 Å². The predicted molar refractivity (Wildman–Crippen MR) is 132 cm³/mol. The van der Waals surface area contributed by atoms with Crippen LogP contribution in [-0.2, 0) is 0 Å². The zero-order valence-corrected chi connectivity index (χ0v) is 17.8. The van der Waals surface area contributed by atoms with Gasteiger partial charge >= 0.3 is 0 Å². The Morgan fingerprint density at radius 1 is 0.733 bits per heavy atom. The SMILES string of the molecule is [2H]C(C)(C)c1ccnc(-c2cccc3c2sc2c3ccc3c4ccccc4ccc32)c1. The molecule has 0 N–H and O–H groups in total. The molecule has 4 aromatic carbocycles. The van der Waals surface area contributed by atoms with Crippen LogP contribution in [0.3, 0.4) is 0 Å². The van der Waals surface area contributed by atoms with E-state index in [-0.39, 0.29) is 0 Å². The van der Waals surface area contributed by atoms with E-state index < -0.39 is 5.89 Å². The lowest BCUT2D eigenvalue weighted by Crippen LogP contribution is -1.90. The number of benzene rings is 4. The van der Waals surface area contributed by atoms with Gasteiger partial charge in [0.25, 0.3) is 0 Å². The van der Waals surface area contributed by atoms with Crippen molar-refractivity contribution in [1.82, 2.24) is 4.98 Å². The van der Waals surface area contributed by atoms with Crippen LogP contribution in [0.25, 0.3) is 53.0 Å². The molecular formula is C28H21NS. The van der Waals surface area contributed by atoms with Crippen molar-refractivity contribution in [2.75, 3.05) is 0 Å². The summed E-state index contributed by atoms with van der Waals surface area (Å²) in [6, 6.07) is 28.1. The van der Waals surface area contributed by atoms with Crippen LogP contribution in [0.5, 0.6) is 0 Å². The largest absolute Gasteiger partial charge is 0.256 e. The van der Waals surface area contributed by atoms with Crippen LogP contribution in [0.2, 0.25) is 0 Å². The Morgan fingerprint density at radius 2 is 1.47 bits per heavy atom. The number of pyridine rings is 1. The Kier molecular flexibility index (Phi) is 3.67. The highest BCUT2D eigenvalue weighted by Crippen LogP contribution is 2.43. The summed E-state index contributed by atoms with van der Waals surface area (Å²) in [5.41, 5.74) is 3.05. The van der Waals surface area contributed by atoms with Crippen molar-refractivity contribution in [3.8, 4) is 11.3 Å². The molecule has 0 saturated carbocycles. The zero-order chi connectivity index (χ0) is 21.2. The zero-order valence-electron chi connectivity index (χ0n) is 17.9. The third kappa shape index (κ3) is 2.57. The van der Waals surface area contributed by atoms with E-state index in [1.165, 1.54) is 41.7 Å². The van der Waals surface area contributed by atoms with Crippen LogP contribution >= 0.6 is 11.3 Å². The molecule has 144 valence electrons. The second kappa shape index (κ2) is 6.65. The molecule has 0 bridgehead atoms. The van der Waals surface area contributed by atoms with Gasteiger partial charge in [-0.05, 0) is 39.7 Å². The summed E-state index contributed by atoms with van der Waals surface area (Å²) in [5.74, 6) is -0.650. The summed E-state index contributed by atoms with van der Waals surface area (Å²) in [6.07, 6.45) is 1.83. The van der Waals surface area contributed by atoms with Crippen LogP contribution in [0, 0.1) is 0 Å². The Balaban J connectivity index is 1.67. The molecule has 0 aliphatic rings. The molecule has 2 heterocycles. The summed E-state index contributed by atoms with van der Waals surface area (Å²) < 4.78 is 11.0. The number of aromatic nitrogens is 1. The number of rotatable bonds is 2. The average Bonchev–Trinajstić information content (AvgIpc) is 3.17. The first kappa shape index (κ1) is 16.6. The average molecular weight is 405 g/mol. The third-order valence-corrected chi connectivity index (χ3v) is 7.29. The van der Waals surface area contributed by atoms with Crippen LogP contribution in [0.4, 0.5) is 0 Å². The lowest BCUT2D eigenvalue weighted by molar-refractivity contribution is 0.864. The molecule has 0 unspecified atom stereocenters. The third-order valence-electron chi connectivity index (χ3n) is 6.00. The Hall–Kier alpha value is -3.23. The van der Waals surface area contributed by atoms with E-state index >= 15 is 0 Å². The van der Waals surface area contributed by atoms with Crippen molar-refractivity contribution in [3.63, 3.8) is 0 Å². The molecule has 6 rings (SSSR count). The summed E-state index contributed by atoms with van der Waals surface area (Å²) in [4.78, 5) is 4.67. The van der Waals surface area contributed by atoms with Gasteiger partial charge in [0.1, 0.15) is 0 Å². The fourth-order valence-electron chi connectivity index (χ4n) is 4.43. The van der Waals surface area contributed by atoms with Gasteiger partial charge in [0.15, 0.2) is 0 Å². The van der Waals surface area contributed by atoms with Gasteiger partial charge in [-0.1, -0.05) is 80.6 Å². The summed E-state index contributed by atoms with van der Waals surface area (Å²) >= 11 is 1.85.